The van der Waals surface area contributed by atoms with Crippen molar-refractivity contribution in [2.45, 2.75) is 19.9 Å². The number of carbonyl (C=O) groups excluding carboxylic acids is 1. The summed E-state index contributed by atoms with van der Waals surface area (Å²) >= 11 is 3.52. The lowest BCUT2D eigenvalue weighted by Gasteiger charge is -2.26. The van der Waals surface area contributed by atoms with Crippen molar-refractivity contribution in [3.05, 3.63) is 58.1 Å². The number of nitrogens with zero attached hydrogens (tertiary/aromatic N) is 1. The van der Waals surface area contributed by atoms with Gasteiger partial charge in [-0.3, -0.25) is 9.69 Å². The summed E-state index contributed by atoms with van der Waals surface area (Å²) in [6, 6.07) is 13.6. The molecule has 0 aromatic heterocycles. The van der Waals surface area contributed by atoms with Gasteiger partial charge in [-0.2, -0.15) is 0 Å². The largest absolute Gasteiger partial charge is 0.483 e. The molecule has 0 atom stereocenters. The van der Waals surface area contributed by atoms with Gasteiger partial charge in [0.05, 0.1) is 13.2 Å². The van der Waals surface area contributed by atoms with E-state index in [0.29, 0.717) is 6.54 Å². The predicted molar refractivity (Wildman–Crippen MR) is 123 cm³/mol. The number of hydrogen-bond donors (Lipinski definition) is 2. The van der Waals surface area contributed by atoms with Crippen LogP contribution >= 0.6 is 15.9 Å². The van der Waals surface area contributed by atoms with Gasteiger partial charge in [0.15, 0.2) is 6.61 Å². The molecule has 1 amide bonds. The van der Waals surface area contributed by atoms with E-state index in [1.165, 1.54) is 0 Å². The first-order valence-corrected chi connectivity index (χ1v) is 11.2. The number of ether oxygens (including phenoxy) is 2. The molecule has 0 radical (unpaired) electrons. The molecule has 162 valence electrons. The minimum Gasteiger partial charge on any atom is -0.483 e. The first-order chi connectivity index (χ1) is 14.6. The van der Waals surface area contributed by atoms with Gasteiger partial charge in [0.25, 0.3) is 5.91 Å². The molecule has 7 heteroatoms. The highest BCUT2D eigenvalue weighted by Crippen LogP contribution is 2.23. The third-order valence-corrected chi connectivity index (χ3v) is 5.46. The molecular formula is C23H30BrN3O3. The second-order valence-corrected chi connectivity index (χ2v) is 8.35. The van der Waals surface area contributed by atoms with E-state index in [2.05, 4.69) is 31.5 Å². The van der Waals surface area contributed by atoms with Crippen LogP contribution < -0.4 is 15.4 Å². The van der Waals surface area contributed by atoms with Crippen molar-refractivity contribution >= 4 is 27.5 Å². The number of anilines is 1. The number of hydrogen-bond acceptors (Lipinski definition) is 5. The lowest BCUT2D eigenvalue weighted by molar-refractivity contribution is -0.118. The number of benzene rings is 2. The third kappa shape index (κ3) is 7.72. The fourth-order valence-corrected chi connectivity index (χ4v) is 3.69. The summed E-state index contributed by atoms with van der Waals surface area (Å²) in [6.45, 7) is 8.40. The second-order valence-electron chi connectivity index (χ2n) is 7.44. The molecule has 2 aromatic carbocycles. The summed E-state index contributed by atoms with van der Waals surface area (Å²) < 4.78 is 12.2. The van der Waals surface area contributed by atoms with Crippen LogP contribution in [0, 0.1) is 6.92 Å². The average Bonchev–Trinajstić information content (AvgIpc) is 2.75. The van der Waals surface area contributed by atoms with Gasteiger partial charge >= 0.3 is 0 Å². The highest BCUT2D eigenvalue weighted by molar-refractivity contribution is 9.10. The van der Waals surface area contributed by atoms with Crippen molar-refractivity contribution < 1.29 is 14.3 Å². The van der Waals surface area contributed by atoms with E-state index in [1.807, 2.05) is 49.4 Å². The summed E-state index contributed by atoms with van der Waals surface area (Å²) in [5.74, 6) is 0.545. The molecule has 0 saturated carbocycles. The average molecular weight is 476 g/mol. The molecule has 30 heavy (non-hydrogen) atoms. The normalized spacial score (nSPS) is 14.5. The molecule has 6 nitrogen and oxygen atoms in total. The molecule has 0 spiro atoms. The number of amides is 1. The van der Waals surface area contributed by atoms with Crippen LogP contribution in [-0.4, -0.2) is 56.8 Å². The number of halogens is 1. The van der Waals surface area contributed by atoms with E-state index in [9.17, 15) is 4.79 Å². The Morgan fingerprint density at radius 1 is 1.17 bits per heavy atom. The van der Waals surface area contributed by atoms with Crippen molar-refractivity contribution in [1.29, 1.82) is 0 Å². The number of carbonyl (C=O) groups is 1. The van der Waals surface area contributed by atoms with E-state index in [-0.39, 0.29) is 12.5 Å². The Hall–Kier alpha value is -1.93. The minimum atomic E-state index is -0.175. The lowest BCUT2D eigenvalue weighted by Crippen LogP contribution is -2.37. The molecular weight excluding hydrogens is 446 g/mol. The fraction of sp³-hybridized carbons (Fsp3) is 0.435. The van der Waals surface area contributed by atoms with Crippen molar-refractivity contribution in [3.63, 3.8) is 0 Å². The fourth-order valence-electron chi connectivity index (χ4n) is 3.28. The van der Waals surface area contributed by atoms with Crippen molar-refractivity contribution in [2.24, 2.45) is 0 Å². The van der Waals surface area contributed by atoms with E-state index in [0.717, 1.165) is 72.9 Å². The zero-order valence-corrected chi connectivity index (χ0v) is 19.0. The summed E-state index contributed by atoms with van der Waals surface area (Å²) in [4.78, 5) is 14.7. The Morgan fingerprint density at radius 2 is 1.93 bits per heavy atom. The van der Waals surface area contributed by atoms with Gasteiger partial charge < -0.3 is 20.1 Å². The zero-order chi connectivity index (χ0) is 21.2. The van der Waals surface area contributed by atoms with Crippen LogP contribution in [0.15, 0.2) is 46.9 Å². The zero-order valence-electron chi connectivity index (χ0n) is 17.5. The first-order valence-electron chi connectivity index (χ1n) is 10.4. The highest BCUT2D eigenvalue weighted by Gasteiger charge is 2.10. The third-order valence-electron chi connectivity index (χ3n) is 4.96. The maximum absolute atomic E-state index is 12.2. The minimum absolute atomic E-state index is 0.0282. The number of nitrogens with one attached hydrogen (secondary N) is 2. The molecule has 3 rings (SSSR count). The SMILES string of the molecule is Cc1ccc(NC(=O)COc2ccc(Br)cc2CNCCCN2CCOCC2)cc1. The van der Waals surface area contributed by atoms with Gasteiger partial charge in [-0.15, -0.1) is 0 Å². The van der Waals surface area contributed by atoms with Crippen molar-refractivity contribution in [1.82, 2.24) is 10.2 Å². The molecule has 1 saturated heterocycles. The molecule has 0 bridgehead atoms. The van der Waals surface area contributed by atoms with Gasteiger partial charge in [-0.05, 0) is 56.8 Å². The van der Waals surface area contributed by atoms with E-state index < -0.39 is 0 Å². The smallest absolute Gasteiger partial charge is 0.262 e. The topological polar surface area (TPSA) is 62.8 Å². The summed E-state index contributed by atoms with van der Waals surface area (Å²) in [5, 5.41) is 6.34. The molecule has 1 heterocycles. The van der Waals surface area contributed by atoms with E-state index in [1.54, 1.807) is 0 Å². The van der Waals surface area contributed by atoms with Gasteiger partial charge in [0.2, 0.25) is 0 Å². The van der Waals surface area contributed by atoms with Gasteiger partial charge in [0, 0.05) is 35.4 Å². The Balaban J connectivity index is 1.43. The molecule has 1 fully saturated rings. The number of morpholine rings is 1. The summed E-state index contributed by atoms with van der Waals surface area (Å²) in [7, 11) is 0. The van der Waals surface area contributed by atoms with E-state index >= 15 is 0 Å². The van der Waals surface area contributed by atoms with Gasteiger partial charge in [-0.1, -0.05) is 33.6 Å². The Bertz CT molecular complexity index is 808. The molecule has 0 aliphatic carbocycles. The van der Waals surface area contributed by atoms with Crippen molar-refractivity contribution in [3.8, 4) is 5.75 Å². The molecule has 2 aromatic rings. The first kappa shape index (κ1) is 22.7. The van der Waals surface area contributed by atoms with Crippen LogP contribution in [0.25, 0.3) is 0 Å². The molecule has 2 N–H and O–H groups in total. The Kier molecular flexibility index (Phi) is 9.14. The highest BCUT2D eigenvalue weighted by atomic mass is 79.9. The Morgan fingerprint density at radius 3 is 2.70 bits per heavy atom. The molecule has 0 unspecified atom stereocenters. The molecule has 1 aliphatic heterocycles. The second kappa shape index (κ2) is 12.1. The summed E-state index contributed by atoms with van der Waals surface area (Å²) in [6.07, 6.45) is 1.09. The monoisotopic (exact) mass is 475 g/mol. The number of rotatable bonds is 10. The lowest BCUT2D eigenvalue weighted by atomic mass is 10.2. The van der Waals surface area contributed by atoms with Crippen LogP contribution in [0.3, 0.4) is 0 Å². The Labute approximate surface area is 187 Å². The number of aryl methyl sites for hydroxylation is 1. The molecule has 1 aliphatic rings. The van der Waals surface area contributed by atoms with Crippen LogP contribution in [0.2, 0.25) is 0 Å². The standard InChI is InChI=1S/C23H30BrN3O3/c1-18-3-6-21(7-4-18)26-23(28)17-30-22-8-5-20(24)15-19(22)16-25-9-2-10-27-11-13-29-14-12-27/h3-8,15,25H,2,9-14,16-17H2,1H3,(H,26,28). The maximum Gasteiger partial charge on any atom is 0.262 e. The summed E-state index contributed by atoms with van der Waals surface area (Å²) in [5.41, 5.74) is 2.95. The maximum atomic E-state index is 12.2. The van der Waals surface area contributed by atoms with Crippen LogP contribution in [0.1, 0.15) is 17.5 Å². The van der Waals surface area contributed by atoms with E-state index in [4.69, 9.17) is 9.47 Å². The van der Waals surface area contributed by atoms with Crippen molar-refractivity contribution in [2.75, 3.05) is 51.3 Å². The predicted octanol–water partition coefficient (Wildman–Crippen LogP) is 3.59. The van der Waals surface area contributed by atoms with Gasteiger partial charge in [0.1, 0.15) is 5.75 Å². The van der Waals surface area contributed by atoms with Gasteiger partial charge in [-0.25, -0.2) is 0 Å². The van der Waals surface area contributed by atoms with Crippen LogP contribution in [0.5, 0.6) is 5.75 Å². The quantitative estimate of drug-likeness (QED) is 0.514. The van der Waals surface area contributed by atoms with Crippen LogP contribution in [-0.2, 0) is 16.1 Å². The van der Waals surface area contributed by atoms with Crippen LogP contribution in [0.4, 0.5) is 5.69 Å².